The average molecular weight is 327 g/mol. The van der Waals surface area contributed by atoms with Crippen LogP contribution in [0.15, 0.2) is 48.5 Å². The van der Waals surface area contributed by atoms with Gasteiger partial charge < -0.3 is 14.8 Å². The van der Waals surface area contributed by atoms with Crippen LogP contribution >= 0.6 is 0 Å². The van der Waals surface area contributed by atoms with Crippen LogP contribution in [0.5, 0.6) is 5.75 Å². The van der Waals surface area contributed by atoms with Crippen molar-refractivity contribution in [1.29, 1.82) is 0 Å². The first-order valence-electron chi connectivity index (χ1n) is 8.35. The van der Waals surface area contributed by atoms with Crippen molar-refractivity contribution < 1.29 is 14.3 Å². The predicted molar refractivity (Wildman–Crippen MR) is 94.9 cm³/mol. The van der Waals surface area contributed by atoms with E-state index in [0.29, 0.717) is 25.5 Å². The lowest BCUT2D eigenvalue weighted by molar-refractivity contribution is -0.123. The van der Waals surface area contributed by atoms with Crippen molar-refractivity contribution in [2.45, 2.75) is 33.4 Å². The van der Waals surface area contributed by atoms with Gasteiger partial charge in [0.25, 0.3) is 5.91 Å². The molecule has 0 radical (unpaired) electrons. The van der Waals surface area contributed by atoms with E-state index in [1.54, 1.807) is 0 Å². The summed E-state index contributed by atoms with van der Waals surface area (Å²) in [6, 6.07) is 15.8. The first-order valence-corrected chi connectivity index (χ1v) is 8.35. The molecule has 0 aliphatic rings. The van der Waals surface area contributed by atoms with Crippen LogP contribution in [0.4, 0.5) is 0 Å². The van der Waals surface area contributed by atoms with E-state index in [-0.39, 0.29) is 12.5 Å². The molecule has 1 amide bonds. The van der Waals surface area contributed by atoms with E-state index in [1.165, 1.54) is 5.56 Å². The van der Waals surface area contributed by atoms with E-state index in [1.807, 2.05) is 55.5 Å². The Hall–Kier alpha value is -2.33. The normalized spacial score (nSPS) is 10.4. The van der Waals surface area contributed by atoms with E-state index >= 15 is 0 Å². The number of nitrogens with one attached hydrogen (secondary N) is 1. The van der Waals surface area contributed by atoms with Gasteiger partial charge in [-0.2, -0.15) is 0 Å². The fraction of sp³-hybridized carbons (Fsp3) is 0.350. The molecule has 0 atom stereocenters. The molecule has 1 N–H and O–H groups in total. The van der Waals surface area contributed by atoms with Crippen molar-refractivity contribution >= 4 is 5.91 Å². The maximum atomic E-state index is 12.0. The van der Waals surface area contributed by atoms with Gasteiger partial charge in [-0.1, -0.05) is 43.3 Å². The summed E-state index contributed by atoms with van der Waals surface area (Å²) in [6.07, 6.45) is 0.988. The molecule has 0 aliphatic carbocycles. The minimum absolute atomic E-state index is 0.0130. The molecular weight excluding hydrogens is 302 g/mol. The molecule has 2 aromatic rings. The average Bonchev–Trinajstić information content (AvgIpc) is 2.64. The molecule has 4 heteroatoms. The molecule has 0 saturated carbocycles. The second-order valence-electron chi connectivity index (χ2n) is 5.47. The molecule has 0 bridgehead atoms. The monoisotopic (exact) mass is 327 g/mol. The van der Waals surface area contributed by atoms with Crippen LogP contribution in [0, 0.1) is 0 Å². The highest BCUT2D eigenvalue weighted by Crippen LogP contribution is 2.13. The topological polar surface area (TPSA) is 47.6 Å². The minimum Gasteiger partial charge on any atom is -0.484 e. The molecule has 0 unspecified atom stereocenters. The van der Waals surface area contributed by atoms with E-state index in [0.717, 1.165) is 17.5 Å². The molecule has 0 aromatic heterocycles. The lowest BCUT2D eigenvalue weighted by Gasteiger charge is -2.11. The summed E-state index contributed by atoms with van der Waals surface area (Å²) in [5.41, 5.74) is 3.40. The van der Waals surface area contributed by atoms with Crippen LogP contribution in [0.2, 0.25) is 0 Å². The lowest BCUT2D eigenvalue weighted by atomic mass is 10.1. The molecule has 0 fully saturated rings. The second-order valence-corrected chi connectivity index (χ2v) is 5.47. The predicted octanol–water partition coefficient (Wildman–Crippen LogP) is 3.48. The summed E-state index contributed by atoms with van der Waals surface area (Å²) in [5, 5.41) is 2.89. The number of aryl methyl sites for hydroxylation is 1. The minimum atomic E-state index is -0.138. The van der Waals surface area contributed by atoms with E-state index in [9.17, 15) is 4.79 Å². The van der Waals surface area contributed by atoms with Gasteiger partial charge in [0.15, 0.2) is 6.61 Å². The quantitative estimate of drug-likeness (QED) is 0.767. The molecule has 4 nitrogen and oxygen atoms in total. The summed E-state index contributed by atoms with van der Waals surface area (Å²) < 4.78 is 11.0. The number of hydrogen-bond acceptors (Lipinski definition) is 3. The first-order chi connectivity index (χ1) is 11.7. The number of rotatable bonds is 9. The third-order valence-corrected chi connectivity index (χ3v) is 3.76. The molecule has 128 valence electrons. The van der Waals surface area contributed by atoms with Crippen LogP contribution in [0.3, 0.4) is 0 Å². The van der Waals surface area contributed by atoms with Gasteiger partial charge in [0.2, 0.25) is 0 Å². The van der Waals surface area contributed by atoms with Crippen molar-refractivity contribution in [3.63, 3.8) is 0 Å². The molecule has 0 heterocycles. The molecule has 0 aliphatic heterocycles. The van der Waals surface area contributed by atoms with Gasteiger partial charge in [-0.25, -0.2) is 0 Å². The fourth-order valence-corrected chi connectivity index (χ4v) is 2.30. The highest BCUT2D eigenvalue weighted by molar-refractivity contribution is 5.77. The van der Waals surface area contributed by atoms with Gasteiger partial charge >= 0.3 is 0 Å². The summed E-state index contributed by atoms with van der Waals surface area (Å²) in [4.78, 5) is 12.0. The van der Waals surface area contributed by atoms with Crippen molar-refractivity contribution in [2.24, 2.45) is 0 Å². The Morgan fingerprint density at radius 2 is 1.71 bits per heavy atom. The van der Waals surface area contributed by atoms with Gasteiger partial charge in [-0.3, -0.25) is 4.79 Å². The van der Waals surface area contributed by atoms with Gasteiger partial charge in [-0.05, 0) is 42.2 Å². The van der Waals surface area contributed by atoms with Gasteiger partial charge in [0.05, 0.1) is 6.61 Å². The highest BCUT2D eigenvalue weighted by Gasteiger charge is 2.06. The lowest BCUT2D eigenvalue weighted by Crippen LogP contribution is -2.28. The van der Waals surface area contributed by atoms with Crippen LogP contribution in [0.1, 0.15) is 30.5 Å². The smallest absolute Gasteiger partial charge is 0.258 e. The van der Waals surface area contributed by atoms with Crippen molar-refractivity contribution in [3.05, 3.63) is 65.2 Å². The molecule has 24 heavy (non-hydrogen) atoms. The third kappa shape index (κ3) is 5.70. The van der Waals surface area contributed by atoms with Crippen molar-refractivity contribution in [1.82, 2.24) is 5.32 Å². The summed E-state index contributed by atoms with van der Waals surface area (Å²) >= 11 is 0. The Labute approximate surface area is 143 Å². The number of hydrogen-bond donors (Lipinski definition) is 1. The molecule has 0 spiro atoms. The van der Waals surface area contributed by atoms with E-state index in [2.05, 4.69) is 12.2 Å². The summed E-state index contributed by atoms with van der Waals surface area (Å²) in [7, 11) is 0. The Morgan fingerprint density at radius 3 is 2.38 bits per heavy atom. The SMILES string of the molecule is CCOCc1ccccc1CNC(=O)COc1ccc(CC)cc1. The van der Waals surface area contributed by atoms with Crippen LogP contribution < -0.4 is 10.1 Å². The molecular formula is C20H25NO3. The Kier molecular flexibility index (Phi) is 7.30. The molecule has 0 saturated heterocycles. The Morgan fingerprint density at radius 1 is 1.00 bits per heavy atom. The largest absolute Gasteiger partial charge is 0.484 e. The summed E-state index contributed by atoms with van der Waals surface area (Å²) in [5.74, 6) is 0.569. The highest BCUT2D eigenvalue weighted by atomic mass is 16.5. The van der Waals surface area contributed by atoms with Crippen LogP contribution in [-0.4, -0.2) is 19.1 Å². The van der Waals surface area contributed by atoms with Crippen molar-refractivity contribution in [3.8, 4) is 5.75 Å². The zero-order valence-electron chi connectivity index (χ0n) is 14.4. The first kappa shape index (κ1) is 18.0. The Balaban J connectivity index is 1.80. The number of amides is 1. The zero-order chi connectivity index (χ0) is 17.2. The van der Waals surface area contributed by atoms with Crippen molar-refractivity contribution in [2.75, 3.05) is 13.2 Å². The molecule has 2 aromatic carbocycles. The fourth-order valence-electron chi connectivity index (χ4n) is 2.30. The van der Waals surface area contributed by atoms with Gasteiger partial charge in [0, 0.05) is 13.2 Å². The van der Waals surface area contributed by atoms with E-state index in [4.69, 9.17) is 9.47 Å². The standard InChI is InChI=1S/C20H25NO3/c1-3-16-9-11-19(12-10-16)24-15-20(22)21-13-17-7-5-6-8-18(17)14-23-4-2/h5-12H,3-4,13-15H2,1-2H3,(H,21,22). The zero-order valence-corrected chi connectivity index (χ0v) is 14.4. The number of carbonyl (C=O) groups excluding carboxylic acids is 1. The third-order valence-electron chi connectivity index (χ3n) is 3.76. The Bertz CT molecular complexity index is 638. The number of benzene rings is 2. The van der Waals surface area contributed by atoms with Gasteiger partial charge in [0.1, 0.15) is 5.75 Å². The number of carbonyl (C=O) groups is 1. The maximum absolute atomic E-state index is 12.0. The van der Waals surface area contributed by atoms with Crippen LogP contribution in [-0.2, 0) is 29.1 Å². The second kappa shape index (κ2) is 9.73. The van der Waals surface area contributed by atoms with Gasteiger partial charge in [-0.15, -0.1) is 0 Å². The molecule has 2 rings (SSSR count). The summed E-state index contributed by atoms with van der Waals surface area (Å²) in [6.45, 7) is 5.79. The van der Waals surface area contributed by atoms with Crippen LogP contribution in [0.25, 0.3) is 0 Å². The van der Waals surface area contributed by atoms with E-state index < -0.39 is 0 Å². The maximum Gasteiger partial charge on any atom is 0.258 e. The number of ether oxygens (including phenoxy) is 2.